The summed E-state index contributed by atoms with van der Waals surface area (Å²) in [5.74, 6) is 1.13. The average Bonchev–Trinajstić information content (AvgIpc) is 2.62. The highest BCUT2D eigenvalue weighted by molar-refractivity contribution is 5.92. The van der Waals surface area contributed by atoms with Crippen LogP contribution >= 0.6 is 24.8 Å². The summed E-state index contributed by atoms with van der Waals surface area (Å²) in [6.07, 6.45) is 3.31. The van der Waals surface area contributed by atoms with Crippen LogP contribution < -0.4 is 9.64 Å². The minimum absolute atomic E-state index is 0. The minimum atomic E-state index is -0.0354. The Hall–Kier alpha value is -2.12. The number of carbonyl (C=O) groups is 1. The molecule has 0 N–H and O–H groups in total. The number of hydrogen-bond acceptors (Lipinski definition) is 6. The molecule has 1 aliphatic heterocycles. The third-order valence-electron chi connectivity index (χ3n) is 3.56. The first-order valence-corrected chi connectivity index (χ1v) is 7.10. The van der Waals surface area contributed by atoms with Crippen LogP contribution in [0.15, 0.2) is 36.7 Å². The van der Waals surface area contributed by atoms with E-state index in [1.54, 1.807) is 42.6 Å². The molecule has 0 atom stereocenters. The first kappa shape index (κ1) is 19.9. The summed E-state index contributed by atoms with van der Waals surface area (Å²) in [5.41, 5.74) is 0.480. The van der Waals surface area contributed by atoms with E-state index < -0.39 is 0 Å². The molecule has 130 valence electrons. The number of amides is 1. The number of nitrogens with zero attached hydrogens (tertiary/aromatic N) is 5. The molecule has 2 aromatic rings. The molecule has 1 fully saturated rings. The fourth-order valence-corrected chi connectivity index (χ4v) is 2.36. The Balaban J connectivity index is 0.00000144. The molecule has 3 heterocycles. The van der Waals surface area contributed by atoms with Gasteiger partial charge in [0.2, 0.25) is 11.8 Å². The molecule has 0 radical (unpaired) electrons. The summed E-state index contributed by atoms with van der Waals surface area (Å²) >= 11 is 0. The molecule has 3 rings (SSSR count). The SMILES string of the molecule is COc1ccnc(N2CCN(C(=O)c3ccccn3)CC2)n1.Cl.Cl. The van der Waals surface area contributed by atoms with Crippen LogP contribution in [-0.4, -0.2) is 59.0 Å². The van der Waals surface area contributed by atoms with Gasteiger partial charge in [-0.25, -0.2) is 4.98 Å². The Bertz CT molecular complexity index is 651. The highest BCUT2D eigenvalue weighted by Gasteiger charge is 2.24. The predicted octanol–water partition coefficient (Wildman–Crippen LogP) is 1.69. The van der Waals surface area contributed by atoms with Crippen molar-refractivity contribution in [2.75, 3.05) is 38.2 Å². The first-order valence-electron chi connectivity index (χ1n) is 7.10. The molecule has 0 spiro atoms. The summed E-state index contributed by atoms with van der Waals surface area (Å²) < 4.78 is 5.11. The van der Waals surface area contributed by atoms with E-state index in [-0.39, 0.29) is 30.7 Å². The number of anilines is 1. The van der Waals surface area contributed by atoms with Crippen LogP contribution in [0.2, 0.25) is 0 Å². The number of carbonyl (C=O) groups excluding carboxylic acids is 1. The average molecular weight is 372 g/mol. The molecule has 0 unspecified atom stereocenters. The van der Waals surface area contributed by atoms with Gasteiger partial charge in [0.05, 0.1) is 7.11 Å². The van der Waals surface area contributed by atoms with E-state index in [4.69, 9.17) is 4.74 Å². The van der Waals surface area contributed by atoms with Gasteiger partial charge < -0.3 is 14.5 Å². The number of pyridine rings is 1. The number of halogens is 2. The second-order valence-electron chi connectivity index (χ2n) is 4.89. The standard InChI is InChI=1S/C15H17N5O2.2ClH/c1-22-13-5-7-17-15(18-13)20-10-8-19(9-11-20)14(21)12-4-2-3-6-16-12;;/h2-7H,8-11H2,1H3;2*1H. The van der Waals surface area contributed by atoms with E-state index in [9.17, 15) is 4.79 Å². The van der Waals surface area contributed by atoms with Crippen LogP contribution in [0.3, 0.4) is 0 Å². The maximum Gasteiger partial charge on any atom is 0.272 e. The van der Waals surface area contributed by atoms with Gasteiger partial charge in [-0.15, -0.1) is 24.8 Å². The van der Waals surface area contributed by atoms with Gasteiger partial charge in [-0.2, -0.15) is 4.98 Å². The molecular formula is C15H19Cl2N5O2. The van der Waals surface area contributed by atoms with Gasteiger partial charge in [-0.3, -0.25) is 9.78 Å². The van der Waals surface area contributed by atoms with Crippen molar-refractivity contribution in [1.82, 2.24) is 19.9 Å². The first-order chi connectivity index (χ1) is 10.8. The normalized spacial score (nSPS) is 13.5. The second kappa shape index (κ2) is 9.24. The van der Waals surface area contributed by atoms with Crippen LogP contribution in [-0.2, 0) is 0 Å². The Morgan fingerprint density at radius 1 is 1.04 bits per heavy atom. The van der Waals surface area contributed by atoms with Gasteiger partial charge in [0.25, 0.3) is 5.91 Å². The van der Waals surface area contributed by atoms with E-state index in [0.29, 0.717) is 43.7 Å². The Morgan fingerprint density at radius 3 is 2.42 bits per heavy atom. The number of aromatic nitrogens is 3. The zero-order valence-electron chi connectivity index (χ0n) is 13.2. The molecule has 2 aromatic heterocycles. The van der Waals surface area contributed by atoms with Crippen molar-refractivity contribution >= 4 is 36.7 Å². The molecule has 0 aliphatic carbocycles. The topological polar surface area (TPSA) is 71.5 Å². The molecule has 0 saturated carbocycles. The molecular weight excluding hydrogens is 353 g/mol. The van der Waals surface area contributed by atoms with E-state index in [2.05, 4.69) is 15.0 Å². The van der Waals surface area contributed by atoms with Crippen LogP contribution in [0.1, 0.15) is 10.5 Å². The lowest BCUT2D eigenvalue weighted by Gasteiger charge is -2.34. The monoisotopic (exact) mass is 371 g/mol. The van der Waals surface area contributed by atoms with Crippen molar-refractivity contribution in [3.05, 3.63) is 42.4 Å². The predicted molar refractivity (Wildman–Crippen MR) is 95.4 cm³/mol. The van der Waals surface area contributed by atoms with Gasteiger partial charge in [0, 0.05) is 44.6 Å². The van der Waals surface area contributed by atoms with Crippen LogP contribution in [0.25, 0.3) is 0 Å². The summed E-state index contributed by atoms with van der Waals surface area (Å²) in [7, 11) is 1.58. The quantitative estimate of drug-likeness (QED) is 0.817. The molecule has 24 heavy (non-hydrogen) atoms. The van der Waals surface area contributed by atoms with Crippen LogP contribution in [0.5, 0.6) is 5.88 Å². The Morgan fingerprint density at radius 2 is 1.79 bits per heavy atom. The van der Waals surface area contributed by atoms with Crippen molar-refractivity contribution in [3.8, 4) is 5.88 Å². The van der Waals surface area contributed by atoms with E-state index in [0.717, 1.165) is 0 Å². The van der Waals surface area contributed by atoms with Gasteiger partial charge >= 0.3 is 0 Å². The maximum atomic E-state index is 12.3. The summed E-state index contributed by atoms with van der Waals surface area (Å²) in [6.45, 7) is 2.61. The smallest absolute Gasteiger partial charge is 0.272 e. The fraction of sp³-hybridized carbons (Fsp3) is 0.333. The molecule has 1 aliphatic rings. The second-order valence-corrected chi connectivity index (χ2v) is 4.89. The summed E-state index contributed by atoms with van der Waals surface area (Å²) in [4.78, 5) is 28.9. The van der Waals surface area contributed by atoms with Crippen molar-refractivity contribution in [3.63, 3.8) is 0 Å². The third kappa shape index (κ3) is 4.46. The minimum Gasteiger partial charge on any atom is -0.481 e. The number of rotatable bonds is 3. The van der Waals surface area contributed by atoms with E-state index >= 15 is 0 Å². The van der Waals surface area contributed by atoms with Gasteiger partial charge in [0.15, 0.2) is 0 Å². The van der Waals surface area contributed by atoms with E-state index in [1.807, 2.05) is 11.0 Å². The summed E-state index contributed by atoms with van der Waals surface area (Å²) in [5, 5.41) is 0. The van der Waals surface area contributed by atoms with Crippen LogP contribution in [0.4, 0.5) is 5.95 Å². The van der Waals surface area contributed by atoms with Gasteiger partial charge in [-0.05, 0) is 12.1 Å². The molecule has 1 amide bonds. The van der Waals surface area contributed by atoms with Crippen molar-refractivity contribution in [1.29, 1.82) is 0 Å². The molecule has 0 bridgehead atoms. The largest absolute Gasteiger partial charge is 0.481 e. The van der Waals surface area contributed by atoms with Crippen LogP contribution in [0, 0.1) is 0 Å². The number of ether oxygens (including phenoxy) is 1. The highest BCUT2D eigenvalue weighted by atomic mass is 35.5. The lowest BCUT2D eigenvalue weighted by molar-refractivity contribution is 0.0740. The van der Waals surface area contributed by atoms with Gasteiger partial charge in [0.1, 0.15) is 5.69 Å². The lowest BCUT2D eigenvalue weighted by atomic mass is 10.2. The van der Waals surface area contributed by atoms with E-state index in [1.165, 1.54) is 0 Å². The third-order valence-corrected chi connectivity index (χ3v) is 3.56. The molecule has 7 nitrogen and oxygen atoms in total. The Labute approximate surface area is 152 Å². The van der Waals surface area contributed by atoms with Gasteiger partial charge in [-0.1, -0.05) is 6.07 Å². The molecule has 9 heteroatoms. The van der Waals surface area contributed by atoms with Crippen molar-refractivity contribution < 1.29 is 9.53 Å². The highest BCUT2D eigenvalue weighted by Crippen LogP contribution is 2.15. The van der Waals surface area contributed by atoms with Crippen molar-refractivity contribution in [2.45, 2.75) is 0 Å². The number of methoxy groups -OCH3 is 1. The zero-order chi connectivity index (χ0) is 15.4. The summed E-state index contributed by atoms with van der Waals surface area (Å²) in [6, 6.07) is 7.07. The fourth-order valence-electron chi connectivity index (χ4n) is 2.36. The Kier molecular flexibility index (Phi) is 7.67. The van der Waals surface area contributed by atoms with Crippen molar-refractivity contribution in [2.24, 2.45) is 0 Å². The number of piperazine rings is 1. The maximum absolute atomic E-state index is 12.3. The molecule has 1 saturated heterocycles. The zero-order valence-corrected chi connectivity index (χ0v) is 14.8. The number of hydrogen-bond donors (Lipinski definition) is 0. The molecule has 0 aromatic carbocycles. The lowest BCUT2D eigenvalue weighted by Crippen LogP contribution is -2.49.